The SMILES string of the molecule is COCC(C)(O)CNC(=O)C1CC1. The molecule has 0 aromatic heterocycles. The molecule has 0 aromatic rings. The molecule has 76 valence electrons. The van der Waals surface area contributed by atoms with Crippen LogP contribution in [0, 0.1) is 5.92 Å². The Labute approximate surface area is 78.3 Å². The summed E-state index contributed by atoms with van der Waals surface area (Å²) in [7, 11) is 1.52. The number of carbonyl (C=O) groups is 1. The summed E-state index contributed by atoms with van der Waals surface area (Å²) in [6.45, 7) is 2.14. The number of ether oxygens (including phenoxy) is 1. The minimum absolute atomic E-state index is 0.0522. The molecule has 0 radical (unpaired) electrons. The summed E-state index contributed by atoms with van der Waals surface area (Å²) in [6, 6.07) is 0. The van der Waals surface area contributed by atoms with Crippen LogP contribution in [0.2, 0.25) is 0 Å². The third-order valence-electron chi connectivity index (χ3n) is 2.05. The zero-order chi connectivity index (χ0) is 9.90. The number of nitrogens with one attached hydrogen (secondary N) is 1. The van der Waals surface area contributed by atoms with E-state index in [0.717, 1.165) is 12.8 Å². The minimum atomic E-state index is -0.959. The van der Waals surface area contributed by atoms with Crippen molar-refractivity contribution < 1.29 is 14.6 Å². The van der Waals surface area contributed by atoms with Gasteiger partial charge >= 0.3 is 0 Å². The Kier molecular flexibility index (Phi) is 3.27. The Balaban J connectivity index is 2.19. The maximum atomic E-state index is 11.2. The van der Waals surface area contributed by atoms with Crippen LogP contribution in [0.4, 0.5) is 0 Å². The highest BCUT2D eigenvalue weighted by Crippen LogP contribution is 2.28. The van der Waals surface area contributed by atoms with Crippen LogP contribution in [0.1, 0.15) is 19.8 Å². The number of hydrogen-bond acceptors (Lipinski definition) is 3. The Hall–Kier alpha value is -0.610. The number of carbonyl (C=O) groups excluding carboxylic acids is 1. The number of amides is 1. The molecule has 0 aliphatic heterocycles. The summed E-state index contributed by atoms with van der Waals surface area (Å²) in [5, 5.41) is 12.3. The maximum Gasteiger partial charge on any atom is 0.223 e. The van der Waals surface area contributed by atoms with E-state index in [4.69, 9.17) is 4.74 Å². The van der Waals surface area contributed by atoms with Crippen molar-refractivity contribution in [2.45, 2.75) is 25.4 Å². The van der Waals surface area contributed by atoms with Gasteiger partial charge in [-0.25, -0.2) is 0 Å². The molecule has 1 rings (SSSR count). The van der Waals surface area contributed by atoms with Gasteiger partial charge in [-0.1, -0.05) is 0 Å². The fourth-order valence-electron chi connectivity index (χ4n) is 1.13. The van der Waals surface area contributed by atoms with Gasteiger partial charge < -0.3 is 15.2 Å². The second-order valence-corrected chi connectivity index (χ2v) is 3.92. The number of rotatable bonds is 5. The number of aliphatic hydroxyl groups is 1. The summed E-state index contributed by atoms with van der Waals surface area (Å²) in [4.78, 5) is 11.2. The van der Waals surface area contributed by atoms with Gasteiger partial charge in [0.05, 0.1) is 6.61 Å². The second kappa shape index (κ2) is 4.07. The van der Waals surface area contributed by atoms with Crippen LogP contribution < -0.4 is 5.32 Å². The van der Waals surface area contributed by atoms with E-state index in [1.54, 1.807) is 6.92 Å². The molecule has 1 saturated carbocycles. The van der Waals surface area contributed by atoms with Crippen LogP contribution >= 0.6 is 0 Å². The standard InChI is InChI=1S/C9H17NO3/c1-9(12,6-13-2)5-10-8(11)7-3-4-7/h7,12H,3-6H2,1-2H3,(H,10,11). The lowest BCUT2D eigenvalue weighted by Gasteiger charge is -2.22. The maximum absolute atomic E-state index is 11.2. The highest BCUT2D eigenvalue weighted by Gasteiger charge is 2.31. The van der Waals surface area contributed by atoms with E-state index in [2.05, 4.69) is 5.32 Å². The normalized spacial score (nSPS) is 20.8. The van der Waals surface area contributed by atoms with Crippen molar-refractivity contribution in [2.24, 2.45) is 5.92 Å². The zero-order valence-corrected chi connectivity index (χ0v) is 8.17. The van der Waals surface area contributed by atoms with Gasteiger partial charge in [0.25, 0.3) is 0 Å². The average molecular weight is 187 g/mol. The van der Waals surface area contributed by atoms with Crippen molar-refractivity contribution in [3.8, 4) is 0 Å². The molecule has 1 fully saturated rings. The lowest BCUT2D eigenvalue weighted by molar-refractivity contribution is -0.124. The highest BCUT2D eigenvalue weighted by molar-refractivity contribution is 5.80. The smallest absolute Gasteiger partial charge is 0.223 e. The van der Waals surface area contributed by atoms with Gasteiger partial charge in [-0.3, -0.25) is 4.79 Å². The van der Waals surface area contributed by atoms with Crippen molar-refractivity contribution in [1.82, 2.24) is 5.32 Å². The first kappa shape index (κ1) is 10.5. The molecule has 1 atom stereocenters. The van der Waals surface area contributed by atoms with Crippen LogP contribution in [-0.4, -0.2) is 36.9 Å². The van der Waals surface area contributed by atoms with E-state index in [0.29, 0.717) is 0 Å². The van der Waals surface area contributed by atoms with Crippen LogP contribution in [0.3, 0.4) is 0 Å². The third kappa shape index (κ3) is 3.74. The largest absolute Gasteiger partial charge is 0.386 e. The molecule has 0 heterocycles. The monoisotopic (exact) mass is 187 g/mol. The molecule has 1 aliphatic rings. The van der Waals surface area contributed by atoms with E-state index in [9.17, 15) is 9.90 Å². The zero-order valence-electron chi connectivity index (χ0n) is 8.17. The Bertz CT molecular complexity index is 187. The van der Waals surface area contributed by atoms with E-state index in [1.807, 2.05) is 0 Å². The predicted molar refractivity (Wildman–Crippen MR) is 48.2 cm³/mol. The van der Waals surface area contributed by atoms with Crippen molar-refractivity contribution in [3.05, 3.63) is 0 Å². The van der Waals surface area contributed by atoms with Gasteiger partial charge in [-0.15, -0.1) is 0 Å². The third-order valence-corrected chi connectivity index (χ3v) is 2.05. The van der Waals surface area contributed by atoms with Crippen LogP contribution in [0.5, 0.6) is 0 Å². The first-order valence-corrected chi connectivity index (χ1v) is 4.54. The topological polar surface area (TPSA) is 58.6 Å². The van der Waals surface area contributed by atoms with Gasteiger partial charge in [-0.2, -0.15) is 0 Å². The van der Waals surface area contributed by atoms with Gasteiger partial charge in [0.2, 0.25) is 5.91 Å². The van der Waals surface area contributed by atoms with Gasteiger partial charge in [0, 0.05) is 19.6 Å². The Morgan fingerprint density at radius 3 is 2.77 bits per heavy atom. The van der Waals surface area contributed by atoms with Crippen molar-refractivity contribution >= 4 is 5.91 Å². The minimum Gasteiger partial charge on any atom is -0.386 e. The molecule has 0 aromatic carbocycles. The molecular weight excluding hydrogens is 170 g/mol. The van der Waals surface area contributed by atoms with E-state index in [-0.39, 0.29) is 25.0 Å². The summed E-state index contributed by atoms with van der Waals surface area (Å²) >= 11 is 0. The van der Waals surface area contributed by atoms with Crippen LogP contribution in [-0.2, 0) is 9.53 Å². The summed E-state index contributed by atoms with van der Waals surface area (Å²) in [5.74, 6) is 0.245. The molecule has 0 spiro atoms. The molecule has 4 nitrogen and oxygen atoms in total. The van der Waals surface area contributed by atoms with E-state index in [1.165, 1.54) is 7.11 Å². The highest BCUT2D eigenvalue weighted by atomic mass is 16.5. The first-order valence-electron chi connectivity index (χ1n) is 4.54. The van der Waals surface area contributed by atoms with Gasteiger partial charge in [-0.05, 0) is 19.8 Å². The van der Waals surface area contributed by atoms with Crippen molar-refractivity contribution in [1.29, 1.82) is 0 Å². The fraction of sp³-hybridized carbons (Fsp3) is 0.889. The summed E-state index contributed by atoms with van der Waals surface area (Å²) in [5.41, 5.74) is -0.959. The molecule has 1 aliphatic carbocycles. The molecule has 1 amide bonds. The summed E-state index contributed by atoms with van der Waals surface area (Å²) in [6.07, 6.45) is 1.97. The fourth-order valence-corrected chi connectivity index (χ4v) is 1.13. The molecule has 1 unspecified atom stereocenters. The second-order valence-electron chi connectivity index (χ2n) is 3.92. The van der Waals surface area contributed by atoms with E-state index < -0.39 is 5.60 Å². The molecule has 0 bridgehead atoms. The van der Waals surface area contributed by atoms with Crippen LogP contribution in [0.15, 0.2) is 0 Å². The van der Waals surface area contributed by atoms with Crippen molar-refractivity contribution in [2.75, 3.05) is 20.3 Å². The quantitative estimate of drug-likeness (QED) is 0.632. The van der Waals surface area contributed by atoms with Gasteiger partial charge in [0.15, 0.2) is 0 Å². The number of methoxy groups -OCH3 is 1. The molecule has 0 saturated heterocycles. The molecule has 2 N–H and O–H groups in total. The average Bonchev–Trinajstić information content (AvgIpc) is 2.82. The molecule has 13 heavy (non-hydrogen) atoms. The first-order chi connectivity index (χ1) is 6.05. The van der Waals surface area contributed by atoms with E-state index >= 15 is 0 Å². The lowest BCUT2D eigenvalue weighted by Crippen LogP contribution is -2.44. The molecular formula is C9H17NO3. The van der Waals surface area contributed by atoms with Gasteiger partial charge in [0.1, 0.15) is 5.60 Å². The Morgan fingerprint density at radius 1 is 1.69 bits per heavy atom. The number of hydrogen-bond donors (Lipinski definition) is 2. The summed E-state index contributed by atoms with van der Waals surface area (Å²) < 4.78 is 4.81. The lowest BCUT2D eigenvalue weighted by atomic mass is 10.1. The Morgan fingerprint density at radius 2 is 2.31 bits per heavy atom. The molecule has 4 heteroatoms. The predicted octanol–water partition coefficient (Wildman–Crippen LogP) is -0.0900. The van der Waals surface area contributed by atoms with Crippen LogP contribution in [0.25, 0.3) is 0 Å². The van der Waals surface area contributed by atoms with Crippen molar-refractivity contribution in [3.63, 3.8) is 0 Å².